The number of nitrogens with one attached hydrogen (secondary N) is 2. The molecule has 0 aromatic rings. The molecule has 2 amide bonds. The fraction of sp³-hybridized carbons (Fsp3) is 0.727. The van der Waals surface area contributed by atoms with E-state index in [1.165, 1.54) is 12.8 Å². The summed E-state index contributed by atoms with van der Waals surface area (Å²) in [4.78, 5) is 32.6. The quantitative estimate of drug-likeness (QED) is 0.527. The minimum Gasteiger partial charge on any atom is -0.481 e. The van der Waals surface area contributed by atoms with Crippen molar-refractivity contribution in [1.82, 2.24) is 10.6 Å². The minimum atomic E-state index is -1.41. The second-order valence-corrected chi connectivity index (χ2v) is 4.69. The van der Waals surface area contributed by atoms with Crippen molar-refractivity contribution in [2.45, 2.75) is 44.7 Å². The average molecular weight is 258 g/mol. The first kappa shape index (κ1) is 14.3. The highest BCUT2D eigenvalue weighted by atomic mass is 16.4. The van der Waals surface area contributed by atoms with Crippen LogP contribution in [0.1, 0.15) is 32.6 Å². The summed E-state index contributed by atoms with van der Waals surface area (Å²) in [7, 11) is 0. The van der Waals surface area contributed by atoms with Crippen molar-refractivity contribution < 1.29 is 24.6 Å². The van der Waals surface area contributed by atoms with Gasteiger partial charge in [0.25, 0.3) is 0 Å². The molecular formula is C11H18N2O5. The highest BCUT2D eigenvalue weighted by Gasteiger charge is 2.26. The number of carbonyl (C=O) groups is 3. The molecule has 1 aliphatic carbocycles. The van der Waals surface area contributed by atoms with Crippen LogP contribution in [-0.4, -0.2) is 40.3 Å². The Balaban J connectivity index is 2.34. The SMILES string of the molecule is CC(CC1CC1)NC(=O)N[C@@H](CC(=O)O)C(=O)O. The number of carboxylic acid groups (broad SMARTS) is 2. The second kappa shape index (κ2) is 6.23. The monoisotopic (exact) mass is 258 g/mol. The topological polar surface area (TPSA) is 116 Å². The standard InChI is InChI=1S/C11H18N2O5/c1-6(4-7-2-3-7)12-11(18)13-8(10(16)17)5-9(14)15/h6-8H,2-5H2,1H3,(H,14,15)(H,16,17)(H2,12,13,18)/t6?,8-/m0/s1. The van der Waals surface area contributed by atoms with Crippen LogP contribution in [0.5, 0.6) is 0 Å². The largest absolute Gasteiger partial charge is 0.481 e. The van der Waals surface area contributed by atoms with Crippen LogP contribution in [0.25, 0.3) is 0 Å². The predicted molar refractivity (Wildman–Crippen MR) is 62.1 cm³/mol. The maximum absolute atomic E-state index is 11.5. The van der Waals surface area contributed by atoms with Gasteiger partial charge in [0.15, 0.2) is 0 Å². The van der Waals surface area contributed by atoms with E-state index >= 15 is 0 Å². The third kappa shape index (κ3) is 5.51. The number of carbonyl (C=O) groups excluding carboxylic acids is 1. The van der Waals surface area contributed by atoms with E-state index in [1.807, 2.05) is 6.92 Å². The first-order valence-corrected chi connectivity index (χ1v) is 5.90. The maximum Gasteiger partial charge on any atom is 0.326 e. The molecule has 0 spiro atoms. The van der Waals surface area contributed by atoms with Crippen molar-refractivity contribution in [3.05, 3.63) is 0 Å². The van der Waals surface area contributed by atoms with Gasteiger partial charge in [0.1, 0.15) is 6.04 Å². The van der Waals surface area contributed by atoms with Gasteiger partial charge in [-0.05, 0) is 19.3 Å². The van der Waals surface area contributed by atoms with Gasteiger partial charge in [0.05, 0.1) is 6.42 Å². The van der Waals surface area contributed by atoms with Crippen molar-refractivity contribution in [1.29, 1.82) is 0 Å². The highest BCUT2D eigenvalue weighted by Crippen LogP contribution is 2.33. The van der Waals surface area contributed by atoms with Crippen LogP contribution in [0.4, 0.5) is 4.79 Å². The number of aliphatic carboxylic acids is 2. The van der Waals surface area contributed by atoms with Gasteiger partial charge in [-0.15, -0.1) is 0 Å². The Bertz CT molecular complexity index is 340. The zero-order valence-corrected chi connectivity index (χ0v) is 10.2. The maximum atomic E-state index is 11.5. The Kier molecular flexibility index (Phi) is 4.94. The molecule has 0 aromatic carbocycles. The first-order valence-electron chi connectivity index (χ1n) is 5.90. The van der Waals surface area contributed by atoms with Gasteiger partial charge >= 0.3 is 18.0 Å². The highest BCUT2D eigenvalue weighted by molar-refractivity contribution is 5.86. The number of amides is 2. The third-order valence-corrected chi connectivity index (χ3v) is 2.74. The first-order chi connectivity index (χ1) is 8.38. The Morgan fingerprint density at radius 1 is 1.22 bits per heavy atom. The van der Waals surface area contributed by atoms with E-state index in [1.54, 1.807) is 0 Å². The molecule has 1 rings (SSSR count). The lowest BCUT2D eigenvalue weighted by atomic mass is 10.1. The lowest BCUT2D eigenvalue weighted by Gasteiger charge is -2.17. The van der Waals surface area contributed by atoms with E-state index in [9.17, 15) is 14.4 Å². The summed E-state index contributed by atoms with van der Waals surface area (Å²) in [6, 6.07) is -2.09. The molecule has 2 atom stereocenters. The van der Waals surface area contributed by atoms with Gasteiger partial charge in [-0.25, -0.2) is 9.59 Å². The van der Waals surface area contributed by atoms with Gasteiger partial charge in [0, 0.05) is 6.04 Å². The lowest BCUT2D eigenvalue weighted by Crippen LogP contribution is -2.49. The third-order valence-electron chi connectivity index (χ3n) is 2.74. The summed E-state index contributed by atoms with van der Waals surface area (Å²) < 4.78 is 0. The zero-order valence-electron chi connectivity index (χ0n) is 10.2. The fourth-order valence-corrected chi connectivity index (χ4v) is 1.71. The number of carboxylic acids is 2. The summed E-state index contributed by atoms with van der Waals surface area (Å²) in [5.74, 6) is -1.98. The number of hydrogen-bond donors (Lipinski definition) is 4. The van der Waals surface area contributed by atoms with Gasteiger partial charge in [0.2, 0.25) is 0 Å². The van der Waals surface area contributed by atoms with Gasteiger partial charge in [-0.1, -0.05) is 12.8 Å². The van der Waals surface area contributed by atoms with E-state index < -0.39 is 30.4 Å². The van der Waals surface area contributed by atoms with Crippen LogP contribution < -0.4 is 10.6 Å². The van der Waals surface area contributed by atoms with E-state index in [0.717, 1.165) is 6.42 Å². The van der Waals surface area contributed by atoms with Crippen molar-refractivity contribution in [3.8, 4) is 0 Å². The molecule has 0 radical (unpaired) electrons. The summed E-state index contributed by atoms with van der Waals surface area (Å²) in [6.07, 6.45) is 2.57. The van der Waals surface area contributed by atoms with Crippen molar-refractivity contribution in [2.24, 2.45) is 5.92 Å². The second-order valence-electron chi connectivity index (χ2n) is 4.69. The van der Waals surface area contributed by atoms with Crippen LogP contribution in [0.2, 0.25) is 0 Å². The number of urea groups is 1. The minimum absolute atomic E-state index is 0.0447. The van der Waals surface area contributed by atoms with Gasteiger partial charge in [-0.2, -0.15) is 0 Å². The molecule has 1 fully saturated rings. The van der Waals surface area contributed by atoms with Gasteiger partial charge < -0.3 is 20.8 Å². The molecule has 102 valence electrons. The molecule has 0 heterocycles. The van der Waals surface area contributed by atoms with Crippen LogP contribution in [0.3, 0.4) is 0 Å². The summed E-state index contributed by atoms with van der Waals surface area (Å²) >= 11 is 0. The van der Waals surface area contributed by atoms with Crippen LogP contribution >= 0.6 is 0 Å². The van der Waals surface area contributed by atoms with Crippen molar-refractivity contribution >= 4 is 18.0 Å². The van der Waals surface area contributed by atoms with E-state index in [-0.39, 0.29) is 6.04 Å². The van der Waals surface area contributed by atoms with Crippen molar-refractivity contribution in [3.63, 3.8) is 0 Å². The molecule has 1 unspecified atom stereocenters. The summed E-state index contributed by atoms with van der Waals surface area (Å²) in [6.45, 7) is 1.84. The van der Waals surface area contributed by atoms with Gasteiger partial charge in [-0.3, -0.25) is 4.79 Å². The van der Waals surface area contributed by atoms with Crippen LogP contribution in [0, 0.1) is 5.92 Å². The molecule has 4 N–H and O–H groups in total. The Labute approximate surface area is 105 Å². The molecule has 7 nitrogen and oxygen atoms in total. The summed E-state index contributed by atoms with van der Waals surface area (Å²) in [5.41, 5.74) is 0. The number of hydrogen-bond acceptors (Lipinski definition) is 3. The molecule has 18 heavy (non-hydrogen) atoms. The zero-order chi connectivity index (χ0) is 13.7. The molecule has 7 heteroatoms. The van der Waals surface area contributed by atoms with E-state index in [4.69, 9.17) is 10.2 Å². The predicted octanol–water partition coefficient (Wildman–Crippen LogP) is 0.402. The lowest BCUT2D eigenvalue weighted by molar-refractivity contribution is -0.145. The van der Waals surface area contributed by atoms with Crippen LogP contribution in [-0.2, 0) is 9.59 Å². The molecule has 0 aliphatic heterocycles. The van der Waals surface area contributed by atoms with E-state index in [0.29, 0.717) is 5.92 Å². The molecule has 1 saturated carbocycles. The van der Waals surface area contributed by atoms with Crippen LogP contribution in [0.15, 0.2) is 0 Å². The Morgan fingerprint density at radius 2 is 1.83 bits per heavy atom. The molecule has 0 aromatic heterocycles. The molecular weight excluding hydrogens is 240 g/mol. The molecule has 0 bridgehead atoms. The smallest absolute Gasteiger partial charge is 0.326 e. The average Bonchev–Trinajstić information content (AvgIpc) is 2.99. The summed E-state index contributed by atoms with van der Waals surface area (Å²) in [5, 5.41) is 22.0. The van der Waals surface area contributed by atoms with E-state index in [2.05, 4.69) is 10.6 Å². The molecule has 1 aliphatic rings. The normalized spacial score (nSPS) is 17.6. The number of rotatable bonds is 7. The fourth-order valence-electron chi connectivity index (χ4n) is 1.71. The molecule has 0 saturated heterocycles. The Hall–Kier alpha value is -1.79. The van der Waals surface area contributed by atoms with Crippen molar-refractivity contribution in [2.75, 3.05) is 0 Å². The Morgan fingerprint density at radius 3 is 2.28 bits per heavy atom.